The number of carbonyl (C=O) groups is 1. The monoisotopic (exact) mass is 449 g/mol. The van der Waals surface area contributed by atoms with Gasteiger partial charge in [0, 0.05) is 22.7 Å². The van der Waals surface area contributed by atoms with Gasteiger partial charge in [-0.2, -0.15) is 0 Å². The van der Waals surface area contributed by atoms with E-state index in [1.54, 1.807) is 12.1 Å². The number of rotatable bonds is 6. The maximum atomic E-state index is 12.8. The van der Waals surface area contributed by atoms with Crippen LogP contribution in [-0.2, 0) is 0 Å². The molecule has 160 valence electrons. The van der Waals surface area contributed by atoms with Gasteiger partial charge in [-0.1, -0.05) is 29.3 Å². The number of likely N-dealkylation sites (tertiary alicyclic amines) is 1. The molecule has 1 aliphatic heterocycles. The number of ether oxygens (including phenoxy) is 2. The van der Waals surface area contributed by atoms with Gasteiger partial charge in [0.25, 0.3) is 0 Å². The molecule has 5 nitrogen and oxygen atoms in total. The van der Waals surface area contributed by atoms with Crippen molar-refractivity contribution in [2.75, 3.05) is 34.4 Å². The van der Waals surface area contributed by atoms with E-state index in [0.29, 0.717) is 27.3 Å². The summed E-state index contributed by atoms with van der Waals surface area (Å²) in [6.45, 7) is 2.04. The molecule has 0 aromatic heterocycles. The maximum Gasteiger partial charge on any atom is 0.193 e. The fourth-order valence-corrected chi connectivity index (χ4v) is 4.37. The number of carbonyl (C=O) groups excluding carboxylic acids is 1. The lowest BCUT2D eigenvalue weighted by Gasteiger charge is -2.30. The van der Waals surface area contributed by atoms with Crippen LogP contribution in [0.25, 0.3) is 6.08 Å². The lowest BCUT2D eigenvalue weighted by atomic mass is 9.88. The van der Waals surface area contributed by atoms with E-state index in [-0.39, 0.29) is 17.1 Å². The largest absolute Gasteiger partial charge is 0.507 e. The molecule has 0 saturated carbocycles. The molecule has 1 saturated heterocycles. The Morgan fingerprint density at radius 3 is 2.50 bits per heavy atom. The van der Waals surface area contributed by atoms with Crippen molar-refractivity contribution in [3.8, 4) is 17.2 Å². The number of ketones is 1. The summed E-state index contributed by atoms with van der Waals surface area (Å²) in [5, 5.41) is 11.3. The average Bonchev–Trinajstić information content (AvgIpc) is 2.73. The summed E-state index contributed by atoms with van der Waals surface area (Å²) < 4.78 is 10.3. The van der Waals surface area contributed by atoms with E-state index in [1.165, 1.54) is 26.4 Å². The summed E-state index contributed by atoms with van der Waals surface area (Å²) in [5.74, 6) is 0.321. The molecule has 1 aliphatic rings. The summed E-state index contributed by atoms with van der Waals surface area (Å²) in [5.41, 5.74) is 1.69. The van der Waals surface area contributed by atoms with E-state index in [1.807, 2.05) is 12.1 Å². The Hall–Kier alpha value is -2.21. The highest BCUT2D eigenvalue weighted by molar-refractivity contribution is 6.37. The van der Waals surface area contributed by atoms with Crippen LogP contribution in [0.3, 0.4) is 0 Å². The molecular weight excluding hydrogens is 425 g/mol. The Balaban J connectivity index is 1.91. The van der Waals surface area contributed by atoms with Crippen molar-refractivity contribution in [2.45, 2.75) is 18.8 Å². The number of methoxy groups -OCH3 is 2. The highest BCUT2D eigenvalue weighted by atomic mass is 35.5. The lowest BCUT2D eigenvalue weighted by molar-refractivity contribution is 0.104. The minimum absolute atomic E-state index is 0.0493. The lowest BCUT2D eigenvalue weighted by Crippen LogP contribution is -2.29. The van der Waals surface area contributed by atoms with Gasteiger partial charge in [0.05, 0.1) is 19.2 Å². The normalized spacial score (nSPS) is 15.5. The number of allylic oxidation sites excluding steroid dienone is 1. The molecule has 1 heterocycles. The van der Waals surface area contributed by atoms with Crippen molar-refractivity contribution in [1.82, 2.24) is 4.90 Å². The SMILES string of the molecule is COc1cc(O)c(C(=O)/C=C/c2c(Cl)ccc(C3CCN(C)CC3)c2Cl)c(OC)c1. The van der Waals surface area contributed by atoms with Gasteiger partial charge in [0.1, 0.15) is 22.8 Å². The minimum atomic E-state index is -0.427. The van der Waals surface area contributed by atoms with E-state index in [4.69, 9.17) is 32.7 Å². The zero-order valence-corrected chi connectivity index (χ0v) is 18.8. The van der Waals surface area contributed by atoms with Crippen molar-refractivity contribution < 1.29 is 19.4 Å². The quantitative estimate of drug-likeness (QED) is 0.471. The second kappa shape index (κ2) is 9.73. The summed E-state index contributed by atoms with van der Waals surface area (Å²) in [6, 6.07) is 6.69. The van der Waals surface area contributed by atoms with Gasteiger partial charge >= 0.3 is 0 Å². The van der Waals surface area contributed by atoms with E-state index in [0.717, 1.165) is 31.5 Å². The molecule has 0 amide bonds. The molecule has 0 aliphatic carbocycles. The highest BCUT2D eigenvalue weighted by Crippen LogP contribution is 2.38. The Morgan fingerprint density at radius 1 is 1.17 bits per heavy atom. The molecule has 2 aromatic carbocycles. The Morgan fingerprint density at radius 2 is 1.87 bits per heavy atom. The standard InChI is InChI=1S/C23H25Cl2NO4/c1-26-10-8-14(9-11-26)16-4-6-18(24)17(23(16)25)5-7-19(27)22-20(28)12-15(29-2)13-21(22)30-3/h4-7,12-14,28H,8-11H2,1-3H3/b7-5+. The molecule has 7 heteroatoms. The number of phenols is 1. The molecule has 0 radical (unpaired) electrons. The number of hydrogen-bond acceptors (Lipinski definition) is 5. The Bertz CT molecular complexity index is 966. The highest BCUT2D eigenvalue weighted by Gasteiger charge is 2.23. The predicted molar refractivity (Wildman–Crippen MR) is 121 cm³/mol. The first-order valence-electron chi connectivity index (χ1n) is 9.69. The molecule has 30 heavy (non-hydrogen) atoms. The zero-order valence-electron chi connectivity index (χ0n) is 17.2. The van der Waals surface area contributed by atoms with E-state index < -0.39 is 5.78 Å². The van der Waals surface area contributed by atoms with Crippen molar-refractivity contribution in [1.29, 1.82) is 0 Å². The predicted octanol–water partition coefficient (Wildman–Crippen LogP) is 5.42. The van der Waals surface area contributed by atoms with Crippen LogP contribution in [0.4, 0.5) is 0 Å². The minimum Gasteiger partial charge on any atom is -0.507 e. The summed E-state index contributed by atoms with van der Waals surface area (Å²) in [6.07, 6.45) is 4.98. The van der Waals surface area contributed by atoms with Crippen LogP contribution in [0.2, 0.25) is 10.0 Å². The Labute approximate surface area is 186 Å². The first-order chi connectivity index (χ1) is 14.3. The molecule has 0 spiro atoms. The van der Waals surface area contributed by atoms with Crippen molar-refractivity contribution in [3.05, 3.63) is 57.1 Å². The first kappa shape index (κ1) is 22.5. The van der Waals surface area contributed by atoms with Crippen LogP contribution in [0.1, 0.15) is 40.2 Å². The molecule has 1 N–H and O–H groups in total. The third-order valence-corrected chi connectivity index (χ3v) is 6.22. The van der Waals surface area contributed by atoms with E-state index in [9.17, 15) is 9.90 Å². The fourth-order valence-electron chi connectivity index (χ4n) is 3.72. The summed E-state index contributed by atoms with van der Waals surface area (Å²) in [4.78, 5) is 15.1. The second-order valence-corrected chi connectivity index (χ2v) is 8.15. The molecule has 0 unspecified atom stereocenters. The first-order valence-corrected chi connectivity index (χ1v) is 10.4. The molecule has 3 rings (SSSR count). The van der Waals surface area contributed by atoms with Gasteiger partial charge < -0.3 is 19.5 Å². The van der Waals surface area contributed by atoms with E-state index >= 15 is 0 Å². The third kappa shape index (κ3) is 4.75. The van der Waals surface area contributed by atoms with Crippen LogP contribution in [-0.4, -0.2) is 50.1 Å². The number of phenolic OH excluding ortho intramolecular Hbond substituents is 1. The number of piperidine rings is 1. The van der Waals surface area contributed by atoms with Gasteiger partial charge in [0.2, 0.25) is 0 Å². The van der Waals surface area contributed by atoms with Gasteiger partial charge in [-0.05, 0) is 62.7 Å². The molecule has 0 bridgehead atoms. The molecule has 1 fully saturated rings. The van der Waals surface area contributed by atoms with Crippen molar-refractivity contribution >= 4 is 35.1 Å². The Kier molecular flexibility index (Phi) is 7.29. The van der Waals surface area contributed by atoms with Crippen molar-refractivity contribution in [3.63, 3.8) is 0 Å². The van der Waals surface area contributed by atoms with Crippen molar-refractivity contribution in [2.24, 2.45) is 0 Å². The van der Waals surface area contributed by atoms with Gasteiger partial charge in [0.15, 0.2) is 5.78 Å². The van der Waals surface area contributed by atoms with Crippen LogP contribution >= 0.6 is 23.2 Å². The van der Waals surface area contributed by atoms with Gasteiger partial charge in [-0.15, -0.1) is 0 Å². The fraction of sp³-hybridized carbons (Fsp3) is 0.348. The number of hydrogen-bond donors (Lipinski definition) is 1. The number of nitrogens with zero attached hydrogens (tertiary/aromatic N) is 1. The molecular formula is C23H25Cl2NO4. The van der Waals surface area contributed by atoms with Crippen LogP contribution in [0.5, 0.6) is 17.2 Å². The van der Waals surface area contributed by atoms with Gasteiger partial charge in [-0.25, -0.2) is 0 Å². The third-order valence-electron chi connectivity index (χ3n) is 5.47. The summed E-state index contributed by atoms with van der Waals surface area (Å²) in [7, 11) is 5.01. The van der Waals surface area contributed by atoms with Crippen LogP contribution in [0, 0.1) is 0 Å². The zero-order chi connectivity index (χ0) is 21.8. The number of aromatic hydroxyl groups is 1. The van der Waals surface area contributed by atoms with E-state index in [2.05, 4.69) is 11.9 Å². The summed E-state index contributed by atoms with van der Waals surface area (Å²) >= 11 is 13.1. The van der Waals surface area contributed by atoms with Crippen LogP contribution in [0.15, 0.2) is 30.3 Å². The number of halogens is 2. The second-order valence-electron chi connectivity index (χ2n) is 7.36. The van der Waals surface area contributed by atoms with Gasteiger partial charge in [-0.3, -0.25) is 4.79 Å². The van der Waals surface area contributed by atoms with Crippen LogP contribution < -0.4 is 9.47 Å². The molecule has 0 atom stereocenters. The average molecular weight is 450 g/mol. The maximum absolute atomic E-state index is 12.8. The number of benzene rings is 2. The smallest absolute Gasteiger partial charge is 0.193 e. The topological polar surface area (TPSA) is 59.0 Å². The molecule has 2 aromatic rings.